The van der Waals surface area contributed by atoms with Crippen LogP contribution in [0.3, 0.4) is 0 Å². The molecule has 7 nitrogen and oxygen atoms in total. The molecule has 0 atom stereocenters. The number of carbonyl (C=O) groups excluding carboxylic acids is 3. The van der Waals surface area contributed by atoms with Gasteiger partial charge in [0, 0.05) is 5.69 Å². The zero-order valence-corrected chi connectivity index (χ0v) is 20.2. The minimum absolute atomic E-state index is 0.0616. The van der Waals surface area contributed by atoms with E-state index in [-0.39, 0.29) is 10.7 Å². The van der Waals surface area contributed by atoms with Crippen molar-refractivity contribution in [1.82, 2.24) is 0 Å². The Labute approximate surface area is 207 Å². The van der Waals surface area contributed by atoms with Crippen LogP contribution < -0.4 is 19.7 Å². The second-order valence-electron chi connectivity index (χ2n) is 7.87. The molecule has 0 saturated carbocycles. The lowest BCUT2D eigenvalue weighted by atomic mass is 10.1. The first-order valence-electron chi connectivity index (χ1n) is 11.0. The molecule has 0 spiro atoms. The summed E-state index contributed by atoms with van der Waals surface area (Å²) in [6.45, 7) is 6.11. The molecule has 1 N–H and O–H groups in total. The summed E-state index contributed by atoms with van der Waals surface area (Å²) in [6, 6.07) is 18.5. The molecule has 35 heavy (non-hydrogen) atoms. The fourth-order valence-electron chi connectivity index (χ4n) is 3.53. The summed E-state index contributed by atoms with van der Waals surface area (Å²) in [5.41, 5.74) is 3.18. The lowest BCUT2D eigenvalue weighted by Gasteiger charge is -2.18. The summed E-state index contributed by atoms with van der Waals surface area (Å²) in [6.07, 6.45) is 0. The van der Waals surface area contributed by atoms with E-state index in [2.05, 4.69) is 5.32 Å². The van der Waals surface area contributed by atoms with Crippen molar-refractivity contribution < 1.29 is 23.9 Å². The zero-order chi connectivity index (χ0) is 25.1. The molecule has 4 rings (SSSR count). The Morgan fingerprint density at radius 2 is 1.66 bits per heavy atom. The number of amides is 2. The van der Waals surface area contributed by atoms with Crippen LogP contribution in [0.2, 0.25) is 0 Å². The highest BCUT2D eigenvalue weighted by atomic mass is 35.5. The number of esters is 1. The Balaban J connectivity index is 1.49. The Kier molecular flexibility index (Phi) is 6.89. The predicted molar refractivity (Wildman–Crippen MR) is 134 cm³/mol. The maximum atomic E-state index is 13.1. The summed E-state index contributed by atoms with van der Waals surface area (Å²) >= 11 is 6.23. The van der Waals surface area contributed by atoms with Crippen LogP contribution in [0, 0.1) is 13.8 Å². The monoisotopic (exact) mass is 490 g/mol. The van der Waals surface area contributed by atoms with E-state index in [9.17, 15) is 14.4 Å². The molecule has 3 aromatic carbocycles. The van der Waals surface area contributed by atoms with Crippen LogP contribution in [0.1, 0.15) is 28.4 Å². The van der Waals surface area contributed by atoms with Crippen LogP contribution in [0.15, 0.2) is 77.5 Å². The van der Waals surface area contributed by atoms with Gasteiger partial charge in [-0.2, -0.15) is 0 Å². The number of ether oxygens (including phenoxy) is 2. The number of hydrogen-bond acceptors (Lipinski definition) is 6. The minimum atomic E-state index is -0.653. The molecule has 8 heteroatoms. The number of imide groups is 1. The standard InChI is InChI=1S/C27H23ClN2O5/c1-4-34-22-8-6-5-7-21(22)30-25(31)23(28)24(26(30)32)29-19-12-10-18(11-13-19)27(33)35-20-14-9-16(2)17(3)15-20/h5-15,29H,4H2,1-3H3. The minimum Gasteiger partial charge on any atom is -0.492 e. The van der Waals surface area contributed by atoms with Gasteiger partial charge in [0.1, 0.15) is 22.2 Å². The van der Waals surface area contributed by atoms with Crippen molar-refractivity contribution in [3.05, 3.63) is 94.1 Å². The highest BCUT2D eigenvalue weighted by molar-refractivity contribution is 6.53. The Morgan fingerprint density at radius 1 is 0.943 bits per heavy atom. The van der Waals surface area contributed by atoms with Gasteiger partial charge in [-0.3, -0.25) is 9.59 Å². The average molecular weight is 491 g/mol. The van der Waals surface area contributed by atoms with E-state index in [0.717, 1.165) is 16.0 Å². The van der Waals surface area contributed by atoms with Crippen molar-refractivity contribution in [1.29, 1.82) is 0 Å². The Hall–Kier alpha value is -4.10. The summed E-state index contributed by atoms with van der Waals surface area (Å²) in [5, 5.41) is 2.66. The maximum absolute atomic E-state index is 13.1. The third kappa shape index (κ3) is 4.90. The van der Waals surface area contributed by atoms with Crippen LogP contribution >= 0.6 is 11.6 Å². The van der Waals surface area contributed by atoms with E-state index in [1.807, 2.05) is 26.8 Å². The van der Waals surface area contributed by atoms with E-state index in [1.165, 1.54) is 0 Å². The van der Waals surface area contributed by atoms with E-state index in [4.69, 9.17) is 21.1 Å². The number of halogens is 1. The number of rotatable bonds is 7. The van der Waals surface area contributed by atoms with Gasteiger partial charge in [-0.15, -0.1) is 0 Å². The smallest absolute Gasteiger partial charge is 0.343 e. The molecular formula is C27H23ClN2O5. The topological polar surface area (TPSA) is 84.9 Å². The Bertz CT molecular complexity index is 1350. The number of hydrogen-bond donors (Lipinski definition) is 1. The summed E-state index contributed by atoms with van der Waals surface area (Å²) < 4.78 is 11.0. The number of nitrogens with zero attached hydrogens (tertiary/aromatic N) is 1. The third-order valence-electron chi connectivity index (χ3n) is 5.51. The fraction of sp³-hybridized carbons (Fsp3) is 0.148. The summed E-state index contributed by atoms with van der Waals surface area (Å²) in [5.74, 6) is -0.915. The van der Waals surface area contributed by atoms with Crippen LogP contribution in [-0.2, 0) is 9.59 Å². The molecule has 0 aromatic heterocycles. The van der Waals surface area contributed by atoms with Crippen LogP contribution in [-0.4, -0.2) is 24.4 Å². The number of aryl methyl sites for hydroxylation is 2. The Morgan fingerprint density at radius 3 is 2.34 bits per heavy atom. The molecule has 0 radical (unpaired) electrons. The quantitative estimate of drug-likeness (QED) is 0.273. The first-order valence-corrected chi connectivity index (χ1v) is 11.3. The van der Waals surface area contributed by atoms with Gasteiger partial charge < -0.3 is 14.8 Å². The fourth-order valence-corrected chi connectivity index (χ4v) is 3.74. The lowest BCUT2D eigenvalue weighted by molar-refractivity contribution is -0.120. The molecule has 3 aromatic rings. The normalized spacial score (nSPS) is 13.3. The molecular weight excluding hydrogens is 468 g/mol. The maximum Gasteiger partial charge on any atom is 0.343 e. The van der Waals surface area contributed by atoms with E-state index in [0.29, 0.717) is 35.0 Å². The molecule has 0 saturated heterocycles. The zero-order valence-electron chi connectivity index (χ0n) is 19.4. The second-order valence-corrected chi connectivity index (χ2v) is 8.25. The first-order chi connectivity index (χ1) is 16.8. The molecule has 2 amide bonds. The first kappa shape index (κ1) is 24.0. The van der Waals surface area contributed by atoms with E-state index >= 15 is 0 Å². The van der Waals surface area contributed by atoms with Gasteiger partial charge in [0.15, 0.2) is 0 Å². The molecule has 178 valence electrons. The van der Waals surface area contributed by atoms with Crippen molar-refractivity contribution in [3.8, 4) is 11.5 Å². The van der Waals surface area contributed by atoms with E-state index in [1.54, 1.807) is 60.7 Å². The number of nitrogens with one attached hydrogen (secondary N) is 1. The van der Waals surface area contributed by atoms with Gasteiger partial charge in [-0.25, -0.2) is 9.69 Å². The van der Waals surface area contributed by atoms with Gasteiger partial charge in [0.2, 0.25) is 0 Å². The molecule has 1 aliphatic rings. The molecule has 0 aliphatic carbocycles. The average Bonchev–Trinajstić information content (AvgIpc) is 3.05. The largest absolute Gasteiger partial charge is 0.492 e. The highest BCUT2D eigenvalue weighted by Crippen LogP contribution is 2.35. The number of carbonyl (C=O) groups is 3. The molecule has 1 heterocycles. The van der Waals surface area contributed by atoms with Crippen molar-refractivity contribution in [2.45, 2.75) is 20.8 Å². The van der Waals surface area contributed by atoms with Crippen LogP contribution in [0.4, 0.5) is 11.4 Å². The molecule has 0 bridgehead atoms. The SMILES string of the molecule is CCOc1ccccc1N1C(=O)C(Cl)=C(Nc2ccc(C(=O)Oc3ccc(C)c(C)c3)cc2)C1=O. The van der Waals surface area contributed by atoms with Crippen molar-refractivity contribution in [2.24, 2.45) is 0 Å². The third-order valence-corrected chi connectivity index (χ3v) is 5.86. The van der Waals surface area contributed by atoms with Crippen molar-refractivity contribution in [3.63, 3.8) is 0 Å². The van der Waals surface area contributed by atoms with Gasteiger partial charge in [0.25, 0.3) is 11.8 Å². The lowest BCUT2D eigenvalue weighted by Crippen LogP contribution is -2.32. The summed E-state index contributed by atoms with van der Waals surface area (Å²) in [7, 11) is 0. The van der Waals surface area contributed by atoms with Crippen molar-refractivity contribution >= 4 is 40.8 Å². The van der Waals surface area contributed by atoms with Gasteiger partial charge in [-0.05, 0) is 80.4 Å². The van der Waals surface area contributed by atoms with Crippen molar-refractivity contribution in [2.75, 3.05) is 16.8 Å². The van der Waals surface area contributed by atoms with Gasteiger partial charge >= 0.3 is 5.97 Å². The predicted octanol–water partition coefficient (Wildman–Crippen LogP) is 5.36. The number of anilines is 2. The molecule has 0 unspecified atom stereocenters. The second kappa shape index (κ2) is 10.0. The van der Waals surface area contributed by atoms with Crippen LogP contribution in [0.25, 0.3) is 0 Å². The van der Waals surface area contributed by atoms with E-state index < -0.39 is 17.8 Å². The van der Waals surface area contributed by atoms with Gasteiger partial charge in [0.05, 0.1) is 17.9 Å². The summed E-state index contributed by atoms with van der Waals surface area (Å²) in [4.78, 5) is 39.4. The number of para-hydroxylation sites is 2. The molecule has 0 fully saturated rings. The van der Waals surface area contributed by atoms with Crippen LogP contribution in [0.5, 0.6) is 11.5 Å². The number of benzene rings is 3. The highest BCUT2D eigenvalue weighted by Gasteiger charge is 2.40. The molecule has 1 aliphatic heterocycles. The van der Waals surface area contributed by atoms with Gasteiger partial charge in [-0.1, -0.05) is 29.8 Å².